The van der Waals surface area contributed by atoms with Crippen LogP contribution in [0.2, 0.25) is 0 Å². The Morgan fingerprint density at radius 1 is 1.04 bits per heavy atom. The molecule has 3 nitrogen and oxygen atoms in total. The van der Waals surface area contributed by atoms with E-state index >= 15 is 0 Å². The molecule has 1 aliphatic rings. The molecule has 3 heteroatoms. The minimum absolute atomic E-state index is 0.130. The highest BCUT2D eigenvalue weighted by atomic mass is 16.2. The molecule has 0 radical (unpaired) electrons. The van der Waals surface area contributed by atoms with Crippen molar-refractivity contribution in [2.45, 2.75) is 32.2 Å². The molecule has 3 rings (SSSR count). The van der Waals surface area contributed by atoms with Gasteiger partial charge in [-0.25, -0.2) is 0 Å². The van der Waals surface area contributed by atoms with Crippen LogP contribution in [0.3, 0.4) is 0 Å². The molecule has 2 aromatic rings. The van der Waals surface area contributed by atoms with E-state index in [4.69, 9.17) is 0 Å². The molecule has 1 amide bonds. The zero-order valence-corrected chi connectivity index (χ0v) is 13.9. The molecule has 0 aliphatic heterocycles. The molecule has 1 aliphatic carbocycles. The molecule has 0 bridgehead atoms. The maximum absolute atomic E-state index is 12.7. The molecular weight excluding hydrogens is 298 g/mol. The summed E-state index contributed by atoms with van der Waals surface area (Å²) in [5.41, 5.74) is 1.61. The van der Waals surface area contributed by atoms with E-state index in [2.05, 4.69) is 12.2 Å². The van der Waals surface area contributed by atoms with E-state index in [9.17, 15) is 9.59 Å². The van der Waals surface area contributed by atoms with Crippen LogP contribution < -0.4 is 5.32 Å². The number of rotatable bonds is 4. The first-order valence-electron chi connectivity index (χ1n) is 8.60. The van der Waals surface area contributed by atoms with E-state index in [0.717, 1.165) is 18.4 Å². The van der Waals surface area contributed by atoms with Crippen LogP contribution in [0.25, 0.3) is 0 Å². The average molecular weight is 321 g/mol. The topological polar surface area (TPSA) is 46.2 Å². The third-order valence-corrected chi connectivity index (χ3v) is 4.91. The van der Waals surface area contributed by atoms with Gasteiger partial charge in [-0.2, -0.15) is 0 Å². The fourth-order valence-electron chi connectivity index (χ4n) is 3.63. The second-order valence-electron chi connectivity index (χ2n) is 6.59. The van der Waals surface area contributed by atoms with Gasteiger partial charge in [0.2, 0.25) is 0 Å². The second kappa shape index (κ2) is 7.43. The fraction of sp³-hybridized carbons (Fsp3) is 0.333. The molecule has 1 saturated carbocycles. The van der Waals surface area contributed by atoms with Crippen LogP contribution in [0.1, 0.15) is 48.1 Å². The van der Waals surface area contributed by atoms with Crippen molar-refractivity contribution in [2.24, 2.45) is 11.8 Å². The standard InChI is InChI=1S/C21H23NO2/c1-15-9-8-14-18(23)19(15)20(16-10-4-2-5-11-16)22-21(24)17-12-6-3-7-13-17/h2-7,10-13,15,19-20H,8-9,14H2,1H3,(H,22,24)/t15-,19+,20-/m1/s1. The summed E-state index contributed by atoms with van der Waals surface area (Å²) >= 11 is 0. The zero-order chi connectivity index (χ0) is 16.9. The molecule has 2 aromatic carbocycles. The predicted molar refractivity (Wildman–Crippen MR) is 94.6 cm³/mol. The molecule has 3 atom stereocenters. The van der Waals surface area contributed by atoms with E-state index < -0.39 is 0 Å². The van der Waals surface area contributed by atoms with Gasteiger partial charge in [0.25, 0.3) is 5.91 Å². The van der Waals surface area contributed by atoms with Gasteiger partial charge in [0, 0.05) is 17.9 Å². The van der Waals surface area contributed by atoms with Gasteiger partial charge in [0.05, 0.1) is 6.04 Å². The molecule has 0 spiro atoms. The minimum Gasteiger partial charge on any atom is -0.344 e. The van der Waals surface area contributed by atoms with Crippen molar-refractivity contribution in [1.29, 1.82) is 0 Å². The maximum Gasteiger partial charge on any atom is 0.251 e. The fourth-order valence-corrected chi connectivity index (χ4v) is 3.63. The molecule has 0 heterocycles. The van der Waals surface area contributed by atoms with Crippen molar-refractivity contribution in [3.63, 3.8) is 0 Å². The third kappa shape index (κ3) is 3.56. The molecule has 1 fully saturated rings. The molecule has 0 saturated heterocycles. The third-order valence-electron chi connectivity index (χ3n) is 4.91. The Bertz CT molecular complexity index is 696. The van der Waals surface area contributed by atoms with Crippen LogP contribution in [-0.2, 0) is 4.79 Å². The Labute approximate surface area is 143 Å². The van der Waals surface area contributed by atoms with Gasteiger partial charge in [0.15, 0.2) is 0 Å². The van der Waals surface area contributed by atoms with Gasteiger partial charge >= 0.3 is 0 Å². The normalized spacial score (nSPS) is 22.0. The van der Waals surface area contributed by atoms with Gasteiger partial charge in [-0.3, -0.25) is 9.59 Å². The van der Waals surface area contributed by atoms with Crippen LogP contribution in [0.15, 0.2) is 60.7 Å². The quantitative estimate of drug-likeness (QED) is 0.919. The van der Waals surface area contributed by atoms with Crippen molar-refractivity contribution in [1.82, 2.24) is 5.32 Å². The Hall–Kier alpha value is -2.42. The summed E-state index contributed by atoms with van der Waals surface area (Å²) in [6.07, 6.45) is 2.59. The van der Waals surface area contributed by atoms with Crippen molar-refractivity contribution in [2.75, 3.05) is 0 Å². The Balaban J connectivity index is 1.91. The molecule has 124 valence electrons. The predicted octanol–water partition coefficient (Wildman–Crippen LogP) is 4.16. The number of ketones is 1. The number of Topliss-reactive ketones (excluding diaryl/α,β-unsaturated/α-hetero) is 1. The molecule has 0 unspecified atom stereocenters. The SMILES string of the molecule is C[C@@H]1CCCC(=O)[C@H]1[C@H](NC(=O)c1ccccc1)c1ccccc1. The Kier molecular flexibility index (Phi) is 5.09. The summed E-state index contributed by atoms with van der Waals surface area (Å²) < 4.78 is 0. The van der Waals surface area contributed by atoms with E-state index in [1.54, 1.807) is 12.1 Å². The Morgan fingerprint density at radius 2 is 1.67 bits per heavy atom. The van der Waals surface area contributed by atoms with Gasteiger partial charge in [-0.05, 0) is 36.5 Å². The first kappa shape index (κ1) is 16.4. The lowest BCUT2D eigenvalue weighted by Gasteiger charge is -2.35. The average Bonchev–Trinajstić information content (AvgIpc) is 2.62. The second-order valence-corrected chi connectivity index (χ2v) is 6.59. The van der Waals surface area contributed by atoms with E-state index in [1.807, 2.05) is 48.5 Å². The number of carbonyl (C=O) groups excluding carboxylic acids is 2. The maximum atomic E-state index is 12.7. The van der Waals surface area contributed by atoms with Crippen LogP contribution in [0.5, 0.6) is 0 Å². The number of benzene rings is 2. The molecule has 24 heavy (non-hydrogen) atoms. The number of carbonyl (C=O) groups is 2. The smallest absolute Gasteiger partial charge is 0.251 e. The lowest BCUT2D eigenvalue weighted by Crippen LogP contribution is -2.41. The van der Waals surface area contributed by atoms with E-state index in [1.165, 1.54) is 0 Å². The first-order valence-corrected chi connectivity index (χ1v) is 8.60. The highest BCUT2D eigenvalue weighted by Crippen LogP contribution is 2.36. The van der Waals surface area contributed by atoms with Crippen molar-refractivity contribution >= 4 is 11.7 Å². The summed E-state index contributed by atoms with van der Waals surface area (Å²) in [5.74, 6) is 0.243. The number of nitrogens with one attached hydrogen (secondary N) is 1. The van der Waals surface area contributed by atoms with Gasteiger partial charge in [-0.1, -0.05) is 55.5 Å². The van der Waals surface area contributed by atoms with Gasteiger partial charge in [-0.15, -0.1) is 0 Å². The highest BCUT2D eigenvalue weighted by molar-refractivity contribution is 5.95. The van der Waals surface area contributed by atoms with Crippen molar-refractivity contribution in [3.05, 3.63) is 71.8 Å². The molecular formula is C21H23NO2. The van der Waals surface area contributed by atoms with Crippen LogP contribution in [-0.4, -0.2) is 11.7 Å². The summed E-state index contributed by atoms with van der Waals surface area (Å²) in [6, 6.07) is 18.7. The van der Waals surface area contributed by atoms with Gasteiger partial charge < -0.3 is 5.32 Å². The van der Waals surface area contributed by atoms with Crippen LogP contribution in [0.4, 0.5) is 0 Å². The van der Waals surface area contributed by atoms with Crippen molar-refractivity contribution < 1.29 is 9.59 Å². The lowest BCUT2D eigenvalue weighted by atomic mass is 9.73. The largest absolute Gasteiger partial charge is 0.344 e. The molecule has 0 aromatic heterocycles. The highest BCUT2D eigenvalue weighted by Gasteiger charge is 2.37. The van der Waals surface area contributed by atoms with E-state index in [0.29, 0.717) is 12.0 Å². The first-order chi connectivity index (χ1) is 11.7. The summed E-state index contributed by atoms with van der Waals surface area (Å²) in [4.78, 5) is 25.2. The lowest BCUT2D eigenvalue weighted by molar-refractivity contribution is -0.127. The number of hydrogen-bond donors (Lipinski definition) is 1. The summed E-state index contributed by atoms with van der Waals surface area (Å²) in [7, 11) is 0. The molecule has 1 N–H and O–H groups in total. The van der Waals surface area contributed by atoms with Crippen molar-refractivity contribution in [3.8, 4) is 0 Å². The van der Waals surface area contributed by atoms with E-state index in [-0.39, 0.29) is 29.6 Å². The Morgan fingerprint density at radius 3 is 2.29 bits per heavy atom. The van der Waals surface area contributed by atoms with Gasteiger partial charge in [0.1, 0.15) is 5.78 Å². The number of amides is 1. The summed E-state index contributed by atoms with van der Waals surface area (Å²) in [6.45, 7) is 2.12. The van der Waals surface area contributed by atoms with Crippen LogP contribution >= 0.6 is 0 Å². The summed E-state index contributed by atoms with van der Waals surface area (Å²) in [5, 5.41) is 3.12. The van der Waals surface area contributed by atoms with Crippen LogP contribution in [0, 0.1) is 11.8 Å². The minimum atomic E-state index is -0.276. The number of hydrogen-bond acceptors (Lipinski definition) is 2. The monoisotopic (exact) mass is 321 g/mol. The zero-order valence-electron chi connectivity index (χ0n) is 13.9.